The molecule has 4 rings (SSSR count). The predicted octanol–water partition coefficient (Wildman–Crippen LogP) is 3.71. The summed E-state index contributed by atoms with van der Waals surface area (Å²) in [4.78, 5) is 13.5. The molecule has 0 radical (unpaired) electrons. The minimum absolute atomic E-state index is 0.326. The van der Waals surface area contributed by atoms with Crippen molar-refractivity contribution in [3.8, 4) is 11.4 Å². The SMILES string of the molecule is c1ccc(-c2ncc3c(n2)CCCC3NCc2ccncc2)cc1. The molecule has 1 unspecified atom stereocenters. The van der Waals surface area contributed by atoms with Crippen molar-refractivity contribution >= 4 is 0 Å². The molecule has 2 heterocycles. The molecule has 120 valence electrons. The van der Waals surface area contributed by atoms with Crippen molar-refractivity contribution in [3.63, 3.8) is 0 Å². The van der Waals surface area contributed by atoms with Gasteiger partial charge in [0.15, 0.2) is 5.82 Å². The Hall–Kier alpha value is -2.59. The van der Waals surface area contributed by atoms with Gasteiger partial charge in [0.05, 0.1) is 0 Å². The highest BCUT2D eigenvalue weighted by molar-refractivity contribution is 5.55. The Bertz CT molecular complexity index is 802. The van der Waals surface area contributed by atoms with Crippen molar-refractivity contribution in [2.45, 2.75) is 31.8 Å². The highest BCUT2D eigenvalue weighted by Crippen LogP contribution is 2.29. The molecule has 0 saturated heterocycles. The van der Waals surface area contributed by atoms with Crippen LogP contribution in [-0.4, -0.2) is 15.0 Å². The third-order valence-electron chi connectivity index (χ3n) is 4.52. The first kappa shape index (κ1) is 15.0. The standard InChI is InChI=1S/C20H20N4/c1-2-5-16(6-3-1)20-23-14-17-18(7-4-8-19(17)24-20)22-13-15-9-11-21-12-10-15/h1-3,5-6,9-12,14,18,22H,4,7-8,13H2. The Morgan fingerprint density at radius 1 is 1.04 bits per heavy atom. The van der Waals surface area contributed by atoms with Gasteiger partial charge in [-0.25, -0.2) is 9.97 Å². The molecular weight excluding hydrogens is 296 g/mol. The first-order valence-electron chi connectivity index (χ1n) is 8.44. The second-order valence-corrected chi connectivity index (χ2v) is 6.14. The van der Waals surface area contributed by atoms with Gasteiger partial charge >= 0.3 is 0 Å². The molecular formula is C20H20N4. The number of pyridine rings is 1. The van der Waals surface area contributed by atoms with E-state index >= 15 is 0 Å². The number of benzene rings is 1. The molecule has 3 aromatic rings. The molecule has 2 aromatic heterocycles. The largest absolute Gasteiger partial charge is 0.306 e. The summed E-state index contributed by atoms with van der Waals surface area (Å²) in [5.41, 5.74) is 4.75. The molecule has 0 fully saturated rings. The topological polar surface area (TPSA) is 50.7 Å². The van der Waals surface area contributed by atoms with Crippen molar-refractivity contribution in [1.82, 2.24) is 20.3 Å². The minimum Gasteiger partial charge on any atom is -0.306 e. The molecule has 4 nitrogen and oxygen atoms in total. The number of aryl methyl sites for hydroxylation is 1. The van der Waals surface area contributed by atoms with Crippen LogP contribution in [0.15, 0.2) is 61.1 Å². The van der Waals surface area contributed by atoms with Gasteiger partial charge < -0.3 is 5.32 Å². The minimum atomic E-state index is 0.326. The van der Waals surface area contributed by atoms with Crippen LogP contribution in [-0.2, 0) is 13.0 Å². The van der Waals surface area contributed by atoms with Gasteiger partial charge in [-0.1, -0.05) is 30.3 Å². The molecule has 4 heteroatoms. The molecule has 0 saturated carbocycles. The third kappa shape index (κ3) is 3.19. The predicted molar refractivity (Wildman–Crippen MR) is 94.2 cm³/mol. The molecule has 1 aromatic carbocycles. The number of hydrogen-bond acceptors (Lipinski definition) is 4. The molecule has 1 aliphatic carbocycles. The van der Waals surface area contributed by atoms with E-state index in [2.05, 4.69) is 27.4 Å². The average molecular weight is 316 g/mol. The van der Waals surface area contributed by atoms with Gasteiger partial charge in [-0.05, 0) is 37.0 Å². The van der Waals surface area contributed by atoms with Crippen molar-refractivity contribution in [1.29, 1.82) is 0 Å². The third-order valence-corrected chi connectivity index (χ3v) is 4.52. The van der Waals surface area contributed by atoms with Crippen molar-refractivity contribution in [2.24, 2.45) is 0 Å². The van der Waals surface area contributed by atoms with Crippen LogP contribution in [0.2, 0.25) is 0 Å². The van der Waals surface area contributed by atoms with Gasteiger partial charge in [0.25, 0.3) is 0 Å². The Morgan fingerprint density at radius 3 is 2.71 bits per heavy atom. The summed E-state index contributed by atoms with van der Waals surface area (Å²) in [5.74, 6) is 0.823. The zero-order chi connectivity index (χ0) is 16.2. The molecule has 0 amide bonds. The van der Waals surface area contributed by atoms with E-state index in [1.165, 1.54) is 16.8 Å². The van der Waals surface area contributed by atoms with Crippen LogP contribution in [0.4, 0.5) is 0 Å². The summed E-state index contributed by atoms with van der Waals surface area (Å²) in [6.07, 6.45) is 9.00. The number of fused-ring (bicyclic) bond motifs is 1. The average Bonchev–Trinajstić information content (AvgIpc) is 2.67. The van der Waals surface area contributed by atoms with Crippen LogP contribution < -0.4 is 5.32 Å². The van der Waals surface area contributed by atoms with Crippen molar-refractivity contribution in [3.05, 3.63) is 77.9 Å². The van der Waals surface area contributed by atoms with E-state index < -0.39 is 0 Å². The fraction of sp³-hybridized carbons (Fsp3) is 0.250. The lowest BCUT2D eigenvalue weighted by Gasteiger charge is -2.25. The Morgan fingerprint density at radius 2 is 1.88 bits per heavy atom. The van der Waals surface area contributed by atoms with Gasteiger partial charge in [0.1, 0.15) is 0 Å². The fourth-order valence-corrected chi connectivity index (χ4v) is 3.23. The van der Waals surface area contributed by atoms with Gasteiger partial charge in [-0.2, -0.15) is 0 Å². The van der Waals surface area contributed by atoms with Crippen LogP contribution in [0, 0.1) is 0 Å². The lowest BCUT2D eigenvalue weighted by Crippen LogP contribution is -2.26. The summed E-state index contributed by atoms with van der Waals surface area (Å²) in [6, 6.07) is 14.6. The van der Waals surface area contributed by atoms with Crippen LogP contribution in [0.3, 0.4) is 0 Å². The smallest absolute Gasteiger partial charge is 0.159 e. The second-order valence-electron chi connectivity index (χ2n) is 6.14. The monoisotopic (exact) mass is 316 g/mol. The summed E-state index contributed by atoms with van der Waals surface area (Å²) < 4.78 is 0. The zero-order valence-electron chi connectivity index (χ0n) is 13.5. The van der Waals surface area contributed by atoms with Crippen LogP contribution in [0.1, 0.15) is 35.7 Å². The quantitative estimate of drug-likeness (QED) is 0.797. The van der Waals surface area contributed by atoms with E-state index in [9.17, 15) is 0 Å². The van der Waals surface area contributed by atoms with E-state index in [0.29, 0.717) is 6.04 Å². The lowest BCUT2D eigenvalue weighted by molar-refractivity contribution is 0.452. The van der Waals surface area contributed by atoms with Gasteiger partial charge in [-0.15, -0.1) is 0 Å². The Balaban J connectivity index is 1.55. The Kier molecular flexibility index (Phi) is 4.30. The van der Waals surface area contributed by atoms with Gasteiger partial charge in [0, 0.05) is 48.0 Å². The number of nitrogens with one attached hydrogen (secondary N) is 1. The number of aromatic nitrogens is 3. The first-order chi connectivity index (χ1) is 11.9. The molecule has 1 N–H and O–H groups in total. The highest BCUT2D eigenvalue weighted by Gasteiger charge is 2.22. The number of rotatable bonds is 4. The van der Waals surface area contributed by atoms with Gasteiger partial charge in [0.2, 0.25) is 0 Å². The molecule has 0 spiro atoms. The second kappa shape index (κ2) is 6.89. The van der Waals surface area contributed by atoms with Crippen molar-refractivity contribution in [2.75, 3.05) is 0 Å². The highest BCUT2D eigenvalue weighted by atomic mass is 14.9. The van der Waals surface area contributed by atoms with Crippen LogP contribution >= 0.6 is 0 Å². The fourth-order valence-electron chi connectivity index (χ4n) is 3.23. The van der Waals surface area contributed by atoms with E-state index in [0.717, 1.165) is 37.2 Å². The number of nitrogens with zero attached hydrogens (tertiary/aromatic N) is 3. The summed E-state index contributed by atoms with van der Waals surface area (Å²) in [6.45, 7) is 0.840. The zero-order valence-corrected chi connectivity index (χ0v) is 13.5. The van der Waals surface area contributed by atoms with E-state index in [4.69, 9.17) is 4.98 Å². The Labute approximate surface area is 142 Å². The lowest BCUT2D eigenvalue weighted by atomic mass is 9.92. The van der Waals surface area contributed by atoms with Crippen molar-refractivity contribution < 1.29 is 0 Å². The summed E-state index contributed by atoms with van der Waals surface area (Å²) in [7, 11) is 0. The molecule has 24 heavy (non-hydrogen) atoms. The molecule has 0 aliphatic heterocycles. The maximum absolute atomic E-state index is 4.83. The van der Waals surface area contributed by atoms with E-state index in [1.54, 1.807) is 0 Å². The van der Waals surface area contributed by atoms with Crippen LogP contribution in [0.5, 0.6) is 0 Å². The molecule has 1 aliphatic rings. The van der Waals surface area contributed by atoms with E-state index in [1.807, 2.05) is 48.9 Å². The van der Waals surface area contributed by atoms with E-state index in [-0.39, 0.29) is 0 Å². The normalized spacial score (nSPS) is 16.6. The maximum Gasteiger partial charge on any atom is 0.159 e. The number of hydrogen-bond donors (Lipinski definition) is 1. The maximum atomic E-state index is 4.83. The summed E-state index contributed by atoms with van der Waals surface area (Å²) >= 11 is 0. The summed E-state index contributed by atoms with van der Waals surface area (Å²) in [5, 5.41) is 3.65. The van der Waals surface area contributed by atoms with Crippen LogP contribution in [0.25, 0.3) is 11.4 Å². The first-order valence-corrected chi connectivity index (χ1v) is 8.44. The van der Waals surface area contributed by atoms with Gasteiger partial charge in [-0.3, -0.25) is 4.98 Å². The molecule has 1 atom stereocenters. The molecule has 0 bridgehead atoms.